The van der Waals surface area contributed by atoms with E-state index in [1.54, 1.807) is 0 Å². The van der Waals surface area contributed by atoms with E-state index in [9.17, 15) is 0 Å². The Labute approximate surface area is 73.9 Å². The molecule has 4 nitrogen and oxygen atoms in total. The van der Waals surface area contributed by atoms with Crippen molar-refractivity contribution in [2.75, 3.05) is 6.61 Å². The quantitative estimate of drug-likeness (QED) is 0.459. The molecule has 0 bridgehead atoms. The standard InChI is InChI=1S/C6H14N2O2.C2H6/c1-4(7)6(10)5(8)2-3-9;1-2/h5-7,9-10H,2-3,8H2,1H3;1-2H3. The number of hydrogen-bond donors (Lipinski definition) is 4. The smallest absolute Gasteiger partial charge is 0.106 e. The molecule has 0 fully saturated rings. The maximum Gasteiger partial charge on any atom is 0.106 e. The molecule has 12 heavy (non-hydrogen) atoms. The normalized spacial score (nSPS) is 14.2. The predicted molar refractivity (Wildman–Crippen MR) is 50.4 cm³/mol. The second-order valence-electron chi connectivity index (χ2n) is 2.30. The fourth-order valence-corrected chi connectivity index (χ4v) is 0.628. The number of rotatable bonds is 4. The summed E-state index contributed by atoms with van der Waals surface area (Å²) in [7, 11) is 0. The van der Waals surface area contributed by atoms with Gasteiger partial charge in [0.15, 0.2) is 0 Å². The Morgan fingerprint density at radius 1 is 1.50 bits per heavy atom. The molecule has 0 aliphatic rings. The zero-order valence-corrected chi connectivity index (χ0v) is 8.04. The summed E-state index contributed by atoms with van der Waals surface area (Å²) in [6, 6.07) is -0.512. The third-order valence-corrected chi connectivity index (χ3v) is 1.31. The first-order valence-electron chi connectivity index (χ1n) is 4.19. The fourth-order valence-electron chi connectivity index (χ4n) is 0.628. The van der Waals surface area contributed by atoms with Crippen LogP contribution in [0.2, 0.25) is 0 Å². The minimum atomic E-state index is -0.910. The molecule has 0 spiro atoms. The van der Waals surface area contributed by atoms with E-state index in [0.717, 1.165) is 0 Å². The van der Waals surface area contributed by atoms with Crippen molar-refractivity contribution in [1.82, 2.24) is 0 Å². The van der Waals surface area contributed by atoms with E-state index in [0.29, 0.717) is 6.42 Å². The van der Waals surface area contributed by atoms with Crippen LogP contribution in [0, 0.1) is 5.41 Å². The van der Waals surface area contributed by atoms with Crippen molar-refractivity contribution in [3.8, 4) is 0 Å². The zero-order valence-electron chi connectivity index (χ0n) is 8.04. The maximum absolute atomic E-state index is 9.07. The SMILES string of the molecule is CC.CC(=N)C(O)C(N)CCO. The molecule has 0 radical (unpaired) electrons. The monoisotopic (exact) mass is 176 g/mol. The summed E-state index contributed by atoms with van der Waals surface area (Å²) < 4.78 is 0. The highest BCUT2D eigenvalue weighted by Gasteiger charge is 2.15. The van der Waals surface area contributed by atoms with Gasteiger partial charge >= 0.3 is 0 Å². The highest BCUT2D eigenvalue weighted by molar-refractivity contribution is 5.83. The molecule has 0 amide bonds. The van der Waals surface area contributed by atoms with Gasteiger partial charge in [-0.1, -0.05) is 13.8 Å². The molecule has 5 N–H and O–H groups in total. The second-order valence-corrected chi connectivity index (χ2v) is 2.30. The van der Waals surface area contributed by atoms with E-state index in [-0.39, 0.29) is 12.3 Å². The molecule has 0 saturated carbocycles. The Morgan fingerprint density at radius 2 is 1.92 bits per heavy atom. The Kier molecular flexibility index (Phi) is 10.2. The van der Waals surface area contributed by atoms with Crippen LogP contribution in [0.1, 0.15) is 27.2 Å². The molecular formula is C8H20N2O2. The predicted octanol–water partition coefficient (Wildman–Crippen LogP) is 0.123. The van der Waals surface area contributed by atoms with Gasteiger partial charge in [0.25, 0.3) is 0 Å². The van der Waals surface area contributed by atoms with Crippen LogP contribution in [0.15, 0.2) is 0 Å². The summed E-state index contributed by atoms with van der Waals surface area (Å²) in [6.07, 6.45) is -0.579. The van der Waals surface area contributed by atoms with Crippen LogP contribution in [0.5, 0.6) is 0 Å². The number of hydrogen-bond acceptors (Lipinski definition) is 4. The van der Waals surface area contributed by atoms with Gasteiger partial charge in [-0.25, -0.2) is 0 Å². The van der Waals surface area contributed by atoms with Gasteiger partial charge in [-0.05, 0) is 13.3 Å². The van der Waals surface area contributed by atoms with E-state index in [1.165, 1.54) is 6.92 Å². The van der Waals surface area contributed by atoms with Gasteiger partial charge in [0.2, 0.25) is 0 Å². The number of nitrogens with one attached hydrogen (secondary N) is 1. The molecule has 0 aromatic heterocycles. The summed E-state index contributed by atoms with van der Waals surface area (Å²) in [5.41, 5.74) is 5.52. The summed E-state index contributed by atoms with van der Waals surface area (Å²) in [6.45, 7) is 5.44. The third kappa shape index (κ3) is 6.27. The second kappa shape index (κ2) is 8.64. The Hall–Kier alpha value is -0.450. The average Bonchev–Trinajstić information content (AvgIpc) is 2.07. The molecule has 0 aromatic rings. The topological polar surface area (TPSA) is 90.3 Å². The maximum atomic E-state index is 9.07. The van der Waals surface area contributed by atoms with Crippen molar-refractivity contribution in [3.05, 3.63) is 0 Å². The van der Waals surface area contributed by atoms with Crippen molar-refractivity contribution in [3.63, 3.8) is 0 Å². The summed E-state index contributed by atoms with van der Waals surface area (Å²) >= 11 is 0. The van der Waals surface area contributed by atoms with Crippen molar-refractivity contribution in [2.24, 2.45) is 5.73 Å². The first kappa shape index (κ1) is 14.1. The van der Waals surface area contributed by atoms with E-state index in [1.807, 2.05) is 13.8 Å². The molecule has 2 unspecified atom stereocenters. The van der Waals surface area contributed by atoms with Crippen LogP contribution < -0.4 is 5.73 Å². The van der Waals surface area contributed by atoms with Crippen molar-refractivity contribution >= 4 is 5.71 Å². The van der Waals surface area contributed by atoms with Crippen LogP contribution in [0.25, 0.3) is 0 Å². The third-order valence-electron chi connectivity index (χ3n) is 1.31. The highest BCUT2D eigenvalue weighted by atomic mass is 16.3. The lowest BCUT2D eigenvalue weighted by Crippen LogP contribution is -2.39. The van der Waals surface area contributed by atoms with E-state index in [2.05, 4.69) is 0 Å². The van der Waals surface area contributed by atoms with Crippen molar-refractivity contribution < 1.29 is 10.2 Å². The van der Waals surface area contributed by atoms with Gasteiger partial charge in [0.1, 0.15) is 6.10 Å². The summed E-state index contributed by atoms with van der Waals surface area (Å²) in [5, 5.41) is 24.5. The van der Waals surface area contributed by atoms with Gasteiger partial charge in [-0.15, -0.1) is 0 Å². The molecule has 0 heterocycles. The lowest BCUT2D eigenvalue weighted by molar-refractivity contribution is 0.180. The van der Waals surface area contributed by atoms with E-state index in [4.69, 9.17) is 21.4 Å². The largest absolute Gasteiger partial charge is 0.396 e. The van der Waals surface area contributed by atoms with Crippen LogP contribution in [-0.2, 0) is 0 Å². The molecule has 2 atom stereocenters. The highest BCUT2D eigenvalue weighted by Crippen LogP contribution is 1.96. The van der Waals surface area contributed by atoms with Gasteiger partial charge in [0.05, 0.1) is 0 Å². The minimum absolute atomic E-state index is 0.0501. The van der Waals surface area contributed by atoms with Gasteiger partial charge < -0.3 is 21.4 Å². The first-order valence-corrected chi connectivity index (χ1v) is 4.19. The Balaban J connectivity index is 0. The van der Waals surface area contributed by atoms with Gasteiger partial charge in [-0.3, -0.25) is 0 Å². The van der Waals surface area contributed by atoms with Crippen LogP contribution in [0.4, 0.5) is 0 Å². The molecule has 0 aliphatic heterocycles. The van der Waals surface area contributed by atoms with Crippen LogP contribution in [-0.4, -0.2) is 34.7 Å². The van der Waals surface area contributed by atoms with E-state index < -0.39 is 12.1 Å². The van der Waals surface area contributed by atoms with Crippen molar-refractivity contribution in [1.29, 1.82) is 5.41 Å². The average molecular weight is 176 g/mol. The van der Waals surface area contributed by atoms with Crippen LogP contribution >= 0.6 is 0 Å². The first-order chi connectivity index (χ1) is 5.59. The fraction of sp³-hybridized carbons (Fsp3) is 0.875. The number of nitrogens with two attached hydrogens (primary N) is 1. The van der Waals surface area contributed by atoms with E-state index >= 15 is 0 Å². The molecule has 0 aromatic carbocycles. The molecule has 74 valence electrons. The van der Waals surface area contributed by atoms with Gasteiger partial charge in [0, 0.05) is 18.4 Å². The Morgan fingerprint density at radius 3 is 2.17 bits per heavy atom. The molecule has 0 aliphatic carbocycles. The molecular weight excluding hydrogens is 156 g/mol. The summed E-state index contributed by atoms with van der Waals surface area (Å²) in [5.74, 6) is 0. The number of aliphatic hydroxyl groups is 2. The molecule has 4 heteroatoms. The van der Waals surface area contributed by atoms with Crippen LogP contribution in [0.3, 0.4) is 0 Å². The number of aliphatic hydroxyl groups excluding tert-OH is 2. The van der Waals surface area contributed by atoms with Crippen molar-refractivity contribution in [2.45, 2.75) is 39.3 Å². The zero-order chi connectivity index (χ0) is 10.1. The minimum Gasteiger partial charge on any atom is -0.396 e. The molecule has 0 rings (SSSR count). The lowest BCUT2D eigenvalue weighted by Gasteiger charge is -2.15. The van der Waals surface area contributed by atoms with Gasteiger partial charge in [-0.2, -0.15) is 0 Å². The molecule has 0 saturated heterocycles. The Bertz CT molecular complexity index is 118. The lowest BCUT2D eigenvalue weighted by atomic mass is 10.1. The summed E-state index contributed by atoms with van der Waals surface area (Å²) in [4.78, 5) is 0.